The maximum Gasteiger partial charge on any atom is 0.322 e. The second-order valence-corrected chi connectivity index (χ2v) is 12.7. The Morgan fingerprint density at radius 3 is 2.52 bits per heavy atom. The molecule has 1 unspecified atom stereocenters. The maximum absolute atomic E-state index is 13.5. The predicted octanol–water partition coefficient (Wildman–Crippen LogP) is 3.76. The first-order valence-electron chi connectivity index (χ1n) is 17.1. The normalized spacial score (nSPS) is 15.4. The number of ketones is 1. The highest BCUT2D eigenvalue weighted by Gasteiger charge is 2.45. The molecule has 1 saturated heterocycles. The minimum Gasteiger partial charge on any atom is -0.471 e. The van der Waals surface area contributed by atoms with E-state index in [9.17, 15) is 24.0 Å². The molecule has 3 aromatic carbocycles. The topological polar surface area (TPSA) is 179 Å². The first-order valence-corrected chi connectivity index (χ1v) is 17.1. The van der Waals surface area contributed by atoms with E-state index in [1.54, 1.807) is 89.8 Å². The molecule has 1 fully saturated rings. The van der Waals surface area contributed by atoms with Crippen LogP contribution in [0.15, 0.2) is 72.9 Å². The molecule has 2 aliphatic heterocycles. The number of rotatable bonds is 14. The number of imide groups is 1. The molecule has 52 heavy (non-hydrogen) atoms. The van der Waals surface area contributed by atoms with Crippen molar-refractivity contribution < 1.29 is 33.8 Å². The number of ether oxygens (including phenoxy) is 1. The first kappa shape index (κ1) is 35.7. The molecule has 6 rings (SSSR count). The fourth-order valence-electron chi connectivity index (χ4n) is 6.26. The Labute approximate surface area is 300 Å². The van der Waals surface area contributed by atoms with Crippen LogP contribution in [0.1, 0.15) is 68.5 Å². The van der Waals surface area contributed by atoms with Gasteiger partial charge in [0.2, 0.25) is 5.91 Å². The van der Waals surface area contributed by atoms with Gasteiger partial charge in [-0.05, 0) is 61.2 Å². The number of benzene rings is 3. The SMILES string of the molecule is CCCN(Cc1ccc(C(=O)CO)cc1)C(=O)Nc1ccc(OCn2cc(CNc3cccc4c3C(=O)N(C3CCCN(C)C3=O)C4=O)nn2)cc1. The van der Waals surface area contributed by atoms with Crippen LogP contribution in [0.5, 0.6) is 5.75 Å². The van der Waals surface area contributed by atoms with Gasteiger partial charge in [-0.25, -0.2) is 9.48 Å². The zero-order valence-corrected chi connectivity index (χ0v) is 28.9. The van der Waals surface area contributed by atoms with Gasteiger partial charge in [0.05, 0.1) is 23.9 Å². The summed E-state index contributed by atoms with van der Waals surface area (Å²) in [6, 6.07) is 17.7. The summed E-state index contributed by atoms with van der Waals surface area (Å²) in [4.78, 5) is 68.6. The van der Waals surface area contributed by atoms with Crippen molar-refractivity contribution in [3.05, 3.63) is 101 Å². The molecular formula is C37H40N8O7. The second-order valence-electron chi connectivity index (χ2n) is 12.7. The summed E-state index contributed by atoms with van der Waals surface area (Å²) in [6.45, 7) is 3.21. The van der Waals surface area contributed by atoms with Gasteiger partial charge < -0.3 is 30.3 Å². The third-order valence-corrected chi connectivity index (χ3v) is 8.98. The molecule has 4 aromatic rings. The molecule has 0 bridgehead atoms. The number of aliphatic hydroxyl groups is 1. The van der Waals surface area contributed by atoms with Gasteiger partial charge in [0.15, 0.2) is 12.5 Å². The van der Waals surface area contributed by atoms with E-state index in [0.29, 0.717) is 60.9 Å². The third-order valence-electron chi connectivity index (χ3n) is 8.98. The molecule has 1 atom stereocenters. The third kappa shape index (κ3) is 7.78. The zero-order valence-electron chi connectivity index (χ0n) is 28.9. The number of nitrogens with zero attached hydrogens (tertiary/aromatic N) is 6. The minimum atomic E-state index is -0.807. The van der Waals surface area contributed by atoms with Gasteiger partial charge in [0.1, 0.15) is 24.1 Å². The quantitative estimate of drug-likeness (QED) is 0.129. The lowest BCUT2D eigenvalue weighted by atomic mass is 10.0. The number of fused-ring (bicyclic) bond motifs is 1. The Bertz CT molecular complexity index is 1960. The number of hydrogen-bond acceptors (Lipinski definition) is 10. The van der Waals surface area contributed by atoms with Crippen LogP contribution in [-0.4, -0.2) is 97.1 Å². The van der Waals surface area contributed by atoms with Crippen LogP contribution in [-0.2, 0) is 24.6 Å². The van der Waals surface area contributed by atoms with Crippen molar-refractivity contribution in [3.8, 4) is 5.75 Å². The van der Waals surface area contributed by atoms with Crippen LogP contribution >= 0.6 is 0 Å². The average molecular weight is 709 g/mol. The summed E-state index contributed by atoms with van der Waals surface area (Å²) in [5.74, 6) is -0.998. The molecule has 0 aliphatic carbocycles. The molecule has 15 nitrogen and oxygen atoms in total. The number of nitrogens with one attached hydrogen (secondary N) is 2. The predicted molar refractivity (Wildman–Crippen MR) is 190 cm³/mol. The molecule has 0 radical (unpaired) electrons. The van der Waals surface area contributed by atoms with E-state index in [0.717, 1.165) is 16.9 Å². The van der Waals surface area contributed by atoms with Crippen molar-refractivity contribution >= 4 is 40.9 Å². The Morgan fingerprint density at radius 2 is 1.79 bits per heavy atom. The van der Waals surface area contributed by atoms with Gasteiger partial charge >= 0.3 is 6.03 Å². The van der Waals surface area contributed by atoms with Gasteiger partial charge in [0, 0.05) is 43.6 Å². The smallest absolute Gasteiger partial charge is 0.322 e. The highest BCUT2D eigenvalue weighted by atomic mass is 16.5. The van der Waals surface area contributed by atoms with Crippen LogP contribution < -0.4 is 15.4 Å². The number of hydrogen-bond donors (Lipinski definition) is 3. The van der Waals surface area contributed by atoms with Crippen molar-refractivity contribution in [2.45, 2.75) is 52.0 Å². The van der Waals surface area contributed by atoms with Crippen molar-refractivity contribution in [1.29, 1.82) is 0 Å². The summed E-state index contributed by atoms with van der Waals surface area (Å²) in [7, 11) is 1.68. The highest BCUT2D eigenvalue weighted by Crippen LogP contribution is 2.33. The van der Waals surface area contributed by atoms with E-state index >= 15 is 0 Å². The molecule has 0 saturated carbocycles. The molecule has 270 valence electrons. The summed E-state index contributed by atoms with van der Waals surface area (Å²) in [5, 5.41) is 23.5. The lowest BCUT2D eigenvalue weighted by molar-refractivity contribution is -0.136. The van der Waals surface area contributed by atoms with Gasteiger partial charge in [-0.1, -0.05) is 42.5 Å². The molecule has 0 spiro atoms. The van der Waals surface area contributed by atoms with E-state index in [2.05, 4.69) is 20.9 Å². The standard InChI is InChI=1S/C37H40N8O7/c1-3-17-43(20-24-9-11-25(12-10-24)32(47)22-46)37(51)39-26-13-15-28(16-14-26)52-23-44-21-27(40-41-44)19-38-30-7-4-6-29-33(30)36(50)45(34(29)48)31-8-5-18-42(2)35(31)49/h4,6-7,9-16,21,31,38,46H,3,5,8,17-20,22-23H2,1-2H3,(H,39,51). The van der Waals surface area contributed by atoms with E-state index in [4.69, 9.17) is 9.84 Å². The lowest BCUT2D eigenvalue weighted by Gasteiger charge is -2.33. The van der Waals surface area contributed by atoms with Gasteiger partial charge in [-0.15, -0.1) is 5.10 Å². The summed E-state index contributed by atoms with van der Waals surface area (Å²) in [5.41, 5.74) is 3.41. The van der Waals surface area contributed by atoms with Crippen molar-refractivity contribution in [2.75, 3.05) is 37.4 Å². The number of amides is 5. The number of likely N-dealkylation sites (tertiary alicyclic amines) is 1. The van der Waals surface area contributed by atoms with Gasteiger partial charge in [-0.2, -0.15) is 0 Å². The molecular weight excluding hydrogens is 668 g/mol. The number of anilines is 2. The summed E-state index contributed by atoms with van der Waals surface area (Å²) in [6.07, 6.45) is 3.61. The van der Waals surface area contributed by atoms with Crippen molar-refractivity contribution in [2.24, 2.45) is 0 Å². The van der Waals surface area contributed by atoms with Crippen molar-refractivity contribution in [1.82, 2.24) is 29.7 Å². The molecule has 3 N–H and O–H groups in total. The number of piperidine rings is 1. The number of carbonyl (C=O) groups is 5. The fourth-order valence-corrected chi connectivity index (χ4v) is 6.26. The average Bonchev–Trinajstić information content (AvgIpc) is 3.72. The maximum atomic E-state index is 13.5. The van der Waals surface area contributed by atoms with E-state index < -0.39 is 24.5 Å². The number of likely N-dealkylation sites (N-methyl/N-ethyl adjacent to an activating group) is 1. The van der Waals surface area contributed by atoms with Crippen LogP contribution in [0, 0.1) is 0 Å². The van der Waals surface area contributed by atoms with Gasteiger partial charge in [0.25, 0.3) is 11.8 Å². The second kappa shape index (κ2) is 15.9. The van der Waals surface area contributed by atoms with E-state index in [1.165, 1.54) is 4.68 Å². The van der Waals surface area contributed by atoms with E-state index in [1.807, 2.05) is 6.92 Å². The largest absolute Gasteiger partial charge is 0.471 e. The molecule has 2 aliphatic rings. The van der Waals surface area contributed by atoms with Crippen LogP contribution in [0.4, 0.5) is 16.2 Å². The lowest BCUT2D eigenvalue weighted by Crippen LogP contribution is -2.53. The van der Waals surface area contributed by atoms with Crippen LogP contribution in [0.25, 0.3) is 0 Å². The number of urea groups is 1. The number of aromatic nitrogens is 3. The number of carbonyl (C=O) groups excluding carboxylic acids is 5. The Kier molecular flexibility index (Phi) is 10.9. The summed E-state index contributed by atoms with van der Waals surface area (Å²) >= 11 is 0. The zero-order chi connectivity index (χ0) is 36.8. The fraction of sp³-hybridized carbons (Fsp3) is 0.324. The Morgan fingerprint density at radius 1 is 1.02 bits per heavy atom. The Hall–Kier alpha value is -6.09. The highest BCUT2D eigenvalue weighted by molar-refractivity contribution is 6.25. The van der Waals surface area contributed by atoms with Gasteiger partial charge in [-0.3, -0.25) is 24.1 Å². The molecule has 5 amide bonds. The molecule has 1 aromatic heterocycles. The van der Waals surface area contributed by atoms with Crippen molar-refractivity contribution in [3.63, 3.8) is 0 Å². The molecule has 3 heterocycles. The van der Waals surface area contributed by atoms with E-state index in [-0.39, 0.29) is 42.1 Å². The first-order chi connectivity index (χ1) is 25.2. The van der Waals surface area contributed by atoms with Crippen LogP contribution in [0.2, 0.25) is 0 Å². The monoisotopic (exact) mass is 708 g/mol. The van der Waals surface area contributed by atoms with Crippen LogP contribution in [0.3, 0.4) is 0 Å². The minimum absolute atomic E-state index is 0.0677. The Balaban J connectivity index is 1.00. The number of aliphatic hydroxyl groups excluding tert-OH is 1. The number of Topliss-reactive ketones (excluding diaryl/α,β-unsaturated/α-hetero) is 1. The summed E-state index contributed by atoms with van der Waals surface area (Å²) < 4.78 is 7.37. The molecule has 15 heteroatoms.